The SMILES string of the molecule is O=C(CSc1nc2ccccc2c(=O)n1CCCO)Nc1cccc(I)c1. The highest BCUT2D eigenvalue weighted by Gasteiger charge is 2.13. The number of nitrogens with zero attached hydrogens (tertiary/aromatic N) is 2. The van der Waals surface area contributed by atoms with Crippen LogP contribution >= 0.6 is 34.4 Å². The average molecular weight is 495 g/mol. The highest BCUT2D eigenvalue weighted by Crippen LogP contribution is 2.19. The molecule has 0 bridgehead atoms. The molecule has 8 heteroatoms. The van der Waals surface area contributed by atoms with Gasteiger partial charge in [0.15, 0.2) is 5.16 Å². The lowest BCUT2D eigenvalue weighted by molar-refractivity contribution is -0.113. The van der Waals surface area contributed by atoms with Crippen LogP contribution in [0.15, 0.2) is 58.5 Å². The van der Waals surface area contributed by atoms with Crippen LogP contribution < -0.4 is 10.9 Å². The molecule has 0 saturated carbocycles. The molecule has 0 aliphatic carbocycles. The second kappa shape index (κ2) is 9.34. The molecule has 27 heavy (non-hydrogen) atoms. The molecule has 0 aliphatic heterocycles. The lowest BCUT2D eigenvalue weighted by atomic mass is 10.2. The Morgan fingerprint density at radius 1 is 1.22 bits per heavy atom. The van der Waals surface area contributed by atoms with Crippen molar-refractivity contribution in [2.45, 2.75) is 18.1 Å². The smallest absolute Gasteiger partial charge is 0.262 e. The van der Waals surface area contributed by atoms with Crippen molar-refractivity contribution in [2.75, 3.05) is 17.7 Å². The van der Waals surface area contributed by atoms with Crippen molar-refractivity contribution in [1.82, 2.24) is 9.55 Å². The van der Waals surface area contributed by atoms with Gasteiger partial charge in [0, 0.05) is 22.4 Å². The number of aliphatic hydroxyl groups is 1. The third kappa shape index (κ3) is 5.08. The molecule has 0 radical (unpaired) electrons. The predicted octanol–water partition coefficient (Wildman–Crippen LogP) is 3.11. The molecule has 1 heterocycles. The molecule has 0 atom stereocenters. The molecule has 140 valence electrons. The summed E-state index contributed by atoms with van der Waals surface area (Å²) in [6.45, 7) is 0.338. The number of hydrogen-bond donors (Lipinski definition) is 2. The number of aromatic nitrogens is 2. The van der Waals surface area contributed by atoms with Crippen LogP contribution in [0.2, 0.25) is 0 Å². The number of rotatable bonds is 7. The highest BCUT2D eigenvalue weighted by atomic mass is 127. The first kappa shape index (κ1) is 19.8. The minimum absolute atomic E-state index is 0.0174. The van der Waals surface area contributed by atoms with Crippen molar-refractivity contribution in [3.8, 4) is 0 Å². The molecule has 0 aliphatic rings. The van der Waals surface area contributed by atoms with Crippen LogP contribution in [0.5, 0.6) is 0 Å². The van der Waals surface area contributed by atoms with E-state index < -0.39 is 0 Å². The highest BCUT2D eigenvalue weighted by molar-refractivity contribution is 14.1. The number of carbonyl (C=O) groups excluding carboxylic acids is 1. The van der Waals surface area contributed by atoms with Gasteiger partial charge in [-0.2, -0.15) is 0 Å². The summed E-state index contributed by atoms with van der Waals surface area (Å²) in [6, 6.07) is 14.7. The van der Waals surface area contributed by atoms with Crippen LogP contribution in [0.4, 0.5) is 5.69 Å². The number of thioether (sulfide) groups is 1. The van der Waals surface area contributed by atoms with Crippen LogP contribution in [-0.4, -0.2) is 32.9 Å². The fraction of sp³-hybridized carbons (Fsp3) is 0.211. The number of halogens is 1. The zero-order valence-electron chi connectivity index (χ0n) is 14.4. The molecule has 3 rings (SSSR count). The zero-order valence-corrected chi connectivity index (χ0v) is 17.4. The molecule has 0 saturated heterocycles. The van der Waals surface area contributed by atoms with E-state index in [4.69, 9.17) is 5.11 Å². The monoisotopic (exact) mass is 495 g/mol. The maximum absolute atomic E-state index is 12.8. The van der Waals surface area contributed by atoms with Gasteiger partial charge in [0.1, 0.15) is 0 Å². The van der Waals surface area contributed by atoms with Crippen LogP contribution in [0, 0.1) is 3.57 Å². The van der Waals surface area contributed by atoms with Crippen LogP contribution in [0.1, 0.15) is 6.42 Å². The average Bonchev–Trinajstić information content (AvgIpc) is 2.66. The number of benzene rings is 2. The Bertz CT molecular complexity index is 1020. The fourth-order valence-electron chi connectivity index (χ4n) is 2.58. The van der Waals surface area contributed by atoms with Crippen LogP contribution in [0.25, 0.3) is 10.9 Å². The number of carbonyl (C=O) groups is 1. The fourth-order valence-corrected chi connectivity index (χ4v) is 3.95. The first-order valence-corrected chi connectivity index (χ1v) is 10.4. The maximum Gasteiger partial charge on any atom is 0.262 e. The minimum Gasteiger partial charge on any atom is -0.396 e. The Hall–Kier alpha value is -1.91. The van der Waals surface area contributed by atoms with E-state index in [-0.39, 0.29) is 23.8 Å². The van der Waals surface area contributed by atoms with Gasteiger partial charge < -0.3 is 10.4 Å². The van der Waals surface area contributed by atoms with Crippen molar-refractivity contribution in [3.05, 3.63) is 62.5 Å². The van der Waals surface area contributed by atoms with Crippen molar-refractivity contribution in [2.24, 2.45) is 0 Å². The molecule has 1 amide bonds. The van der Waals surface area contributed by atoms with E-state index >= 15 is 0 Å². The van der Waals surface area contributed by atoms with Gasteiger partial charge in [-0.15, -0.1) is 0 Å². The molecule has 0 unspecified atom stereocenters. The molecule has 3 aromatic rings. The standard InChI is InChI=1S/C19H18IN3O3S/c20-13-5-3-6-14(11-13)21-17(25)12-27-19-22-16-8-2-1-7-15(16)18(26)23(19)9-4-10-24/h1-3,5-8,11,24H,4,9-10,12H2,(H,21,25). The van der Waals surface area contributed by atoms with Crippen LogP contribution in [-0.2, 0) is 11.3 Å². The summed E-state index contributed by atoms with van der Waals surface area (Å²) < 4.78 is 2.56. The second-order valence-electron chi connectivity index (χ2n) is 5.79. The number of nitrogens with one attached hydrogen (secondary N) is 1. The number of para-hydroxylation sites is 1. The number of amides is 1. The van der Waals surface area contributed by atoms with E-state index in [2.05, 4.69) is 32.9 Å². The van der Waals surface area contributed by atoms with E-state index in [1.54, 1.807) is 18.2 Å². The summed E-state index contributed by atoms with van der Waals surface area (Å²) in [5.41, 5.74) is 1.18. The zero-order chi connectivity index (χ0) is 19.2. The Kier molecular flexibility index (Phi) is 6.86. The van der Waals surface area contributed by atoms with Gasteiger partial charge in [0.2, 0.25) is 5.91 Å². The molecule has 0 fully saturated rings. The van der Waals surface area contributed by atoms with Gasteiger partial charge >= 0.3 is 0 Å². The van der Waals surface area contributed by atoms with Gasteiger partial charge in [-0.3, -0.25) is 14.2 Å². The van der Waals surface area contributed by atoms with E-state index in [0.29, 0.717) is 29.0 Å². The molecule has 1 aromatic heterocycles. The lowest BCUT2D eigenvalue weighted by Crippen LogP contribution is -2.24. The van der Waals surface area contributed by atoms with E-state index in [1.807, 2.05) is 30.3 Å². The Balaban J connectivity index is 1.80. The summed E-state index contributed by atoms with van der Waals surface area (Å²) in [5.74, 6) is -0.0341. The van der Waals surface area contributed by atoms with Gasteiger partial charge in [-0.25, -0.2) is 4.98 Å². The Morgan fingerprint density at radius 3 is 2.81 bits per heavy atom. The number of hydrogen-bond acceptors (Lipinski definition) is 5. The summed E-state index contributed by atoms with van der Waals surface area (Å²) in [4.78, 5) is 29.6. The van der Waals surface area contributed by atoms with E-state index in [0.717, 1.165) is 9.26 Å². The third-order valence-corrected chi connectivity index (χ3v) is 5.45. The molecule has 0 spiro atoms. The summed E-state index contributed by atoms with van der Waals surface area (Å²) in [7, 11) is 0. The quantitative estimate of drug-likeness (QED) is 0.299. The van der Waals surface area contributed by atoms with E-state index in [1.165, 1.54) is 16.3 Å². The largest absolute Gasteiger partial charge is 0.396 e. The summed E-state index contributed by atoms with van der Waals surface area (Å²) in [5, 5.41) is 13.0. The third-order valence-electron chi connectivity index (χ3n) is 3.81. The van der Waals surface area contributed by atoms with Crippen molar-refractivity contribution in [3.63, 3.8) is 0 Å². The molecule has 6 nitrogen and oxygen atoms in total. The molecule has 2 aromatic carbocycles. The lowest BCUT2D eigenvalue weighted by Gasteiger charge is -2.12. The van der Waals surface area contributed by atoms with E-state index in [9.17, 15) is 9.59 Å². The number of fused-ring (bicyclic) bond motifs is 1. The Labute approximate surface area is 174 Å². The summed E-state index contributed by atoms with van der Waals surface area (Å²) >= 11 is 3.40. The van der Waals surface area contributed by atoms with Crippen molar-refractivity contribution < 1.29 is 9.90 Å². The molecular formula is C19H18IN3O3S. The van der Waals surface area contributed by atoms with Crippen LogP contribution in [0.3, 0.4) is 0 Å². The summed E-state index contributed by atoms with van der Waals surface area (Å²) in [6.07, 6.45) is 0.447. The van der Waals surface area contributed by atoms with Gasteiger partial charge in [-0.05, 0) is 59.3 Å². The van der Waals surface area contributed by atoms with Crippen molar-refractivity contribution >= 4 is 56.9 Å². The topological polar surface area (TPSA) is 84.2 Å². The molecule has 2 N–H and O–H groups in total. The van der Waals surface area contributed by atoms with Gasteiger partial charge in [0.25, 0.3) is 5.56 Å². The normalized spacial score (nSPS) is 10.9. The first-order chi connectivity index (χ1) is 13.1. The second-order valence-corrected chi connectivity index (χ2v) is 7.98. The predicted molar refractivity (Wildman–Crippen MR) is 116 cm³/mol. The molecular weight excluding hydrogens is 477 g/mol. The van der Waals surface area contributed by atoms with Gasteiger partial charge in [0.05, 0.1) is 16.7 Å². The Morgan fingerprint density at radius 2 is 2.04 bits per heavy atom. The first-order valence-electron chi connectivity index (χ1n) is 8.37. The number of aliphatic hydroxyl groups excluding tert-OH is 1. The number of anilines is 1. The minimum atomic E-state index is -0.168. The maximum atomic E-state index is 12.8. The van der Waals surface area contributed by atoms with Crippen molar-refractivity contribution in [1.29, 1.82) is 0 Å². The van der Waals surface area contributed by atoms with Gasteiger partial charge in [-0.1, -0.05) is 30.0 Å².